The van der Waals surface area contributed by atoms with Gasteiger partial charge in [-0.15, -0.1) is 0 Å². The van der Waals surface area contributed by atoms with Gasteiger partial charge in [-0.05, 0) is 36.3 Å². The quantitative estimate of drug-likeness (QED) is 0.527. The van der Waals surface area contributed by atoms with E-state index in [9.17, 15) is 9.59 Å². The number of benzene rings is 2. The van der Waals surface area contributed by atoms with Gasteiger partial charge in [0.1, 0.15) is 0 Å². The van der Waals surface area contributed by atoms with Crippen LogP contribution in [0.3, 0.4) is 0 Å². The Morgan fingerprint density at radius 1 is 1.03 bits per heavy atom. The number of carbonyl (C=O) groups excluding carboxylic acids is 2. The predicted molar refractivity (Wildman–Crippen MR) is 115 cm³/mol. The molecule has 0 N–H and O–H groups in total. The van der Waals surface area contributed by atoms with Gasteiger partial charge in [0.05, 0.1) is 0 Å². The zero-order chi connectivity index (χ0) is 21.6. The van der Waals surface area contributed by atoms with Crippen LogP contribution in [0.4, 0.5) is 0 Å². The Labute approximate surface area is 181 Å². The van der Waals surface area contributed by atoms with Gasteiger partial charge in [0, 0.05) is 38.8 Å². The van der Waals surface area contributed by atoms with Gasteiger partial charge < -0.3 is 19.1 Å². The van der Waals surface area contributed by atoms with Gasteiger partial charge in [-0.1, -0.05) is 36.4 Å². The molecule has 1 amide bonds. The lowest BCUT2D eigenvalue weighted by molar-refractivity contribution is -0.156. The average molecular weight is 422 g/mol. The molecule has 0 saturated carbocycles. The summed E-state index contributed by atoms with van der Waals surface area (Å²) in [5.74, 6) is 0.610. The molecule has 0 bridgehead atoms. The Kier molecular flexibility index (Phi) is 6.52. The molecule has 4 rings (SSSR count). The number of nitrogens with zero attached hydrogens (tertiary/aromatic N) is 2. The molecule has 2 aromatic carbocycles. The molecule has 1 fully saturated rings. The molecule has 1 unspecified atom stereocenters. The molecule has 1 atom stereocenters. The van der Waals surface area contributed by atoms with E-state index in [2.05, 4.69) is 17.0 Å². The molecule has 7 nitrogen and oxygen atoms in total. The summed E-state index contributed by atoms with van der Waals surface area (Å²) in [5.41, 5.74) is 2.05. The van der Waals surface area contributed by atoms with Gasteiger partial charge in [0.15, 0.2) is 17.6 Å². The molecule has 2 aliphatic rings. The summed E-state index contributed by atoms with van der Waals surface area (Å²) in [4.78, 5) is 28.9. The lowest BCUT2D eigenvalue weighted by atomic mass is 10.2. The Morgan fingerprint density at radius 2 is 1.77 bits per heavy atom. The van der Waals surface area contributed by atoms with Gasteiger partial charge in [0.25, 0.3) is 5.91 Å². The van der Waals surface area contributed by atoms with Crippen LogP contribution >= 0.6 is 0 Å². The van der Waals surface area contributed by atoms with Crippen molar-refractivity contribution >= 4 is 18.0 Å². The second-order valence-electron chi connectivity index (χ2n) is 7.61. The maximum Gasteiger partial charge on any atom is 0.331 e. The Balaban J connectivity index is 1.23. The molecule has 1 saturated heterocycles. The zero-order valence-corrected chi connectivity index (χ0v) is 17.5. The topological polar surface area (TPSA) is 68.3 Å². The first kappa shape index (κ1) is 20.9. The Bertz CT molecular complexity index is 952. The summed E-state index contributed by atoms with van der Waals surface area (Å²) >= 11 is 0. The van der Waals surface area contributed by atoms with E-state index in [1.165, 1.54) is 11.6 Å². The number of esters is 1. The monoisotopic (exact) mass is 422 g/mol. The third kappa shape index (κ3) is 5.44. The maximum absolute atomic E-state index is 12.7. The van der Waals surface area contributed by atoms with E-state index in [-0.39, 0.29) is 12.7 Å². The summed E-state index contributed by atoms with van der Waals surface area (Å²) in [6.45, 7) is 5.53. The fraction of sp³-hybridized carbons (Fsp3) is 0.333. The Hall–Kier alpha value is -3.32. The van der Waals surface area contributed by atoms with E-state index in [1.54, 1.807) is 30.0 Å². The lowest BCUT2D eigenvalue weighted by Crippen LogP contribution is -2.51. The summed E-state index contributed by atoms with van der Waals surface area (Å²) < 4.78 is 15.9. The number of hydrogen-bond acceptors (Lipinski definition) is 6. The molecule has 31 heavy (non-hydrogen) atoms. The van der Waals surface area contributed by atoms with Crippen molar-refractivity contribution in [2.24, 2.45) is 0 Å². The van der Waals surface area contributed by atoms with Crippen molar-refractivity contribution < 1.29 is 23.8 Å². The van der Waals surface area contributed by atoms with Crippen molar-refractivity contribution in [1.82, 2.24) is 9.80 Å². The molecule has 162 valence electrons. The Morgan fingerprint density at radius 3 is 2.55 bits per heavy atom. The van der Waals surface area contributed by atoms with Crippen molar-refractivity contribution in [3.63, 3.8) is 0 Å². The van der Waals surface area contributed by atoms with Crippen LogP contribution < -0.4 is 9.47 Å². The number of amides is 1. The first-order valence-corrected chi connectivity index (χ1v) is 10.4. The highest BCUT2D eigenvalue weighted by atomic mass is 16.7. The molecule has 0 aromatic heterocycles. The van der Waals surface area contributed by atoms with Crippen LogP contribution in [0.5, 0.6) is 11.5 Å². The molecule has 0 spiro atoms. The molecule has 0 aliphatic carbocycles. The van der Waals surface area contributed by atoms with Crippen molar-refractivity contribution in [1.29, 1.82) is 0 Å². The zero-order valence-electron chi connectivity index (χ0n) is 17.5. The minimum atomic E-state index is -0.824. The van der Waals surface area contributed by atoms with E-state index < -0.39 is 12.1 Å². The van der Waals surface area contributed by atoms with E-state index in [1.807, 2.05) is 24.3 Å². The molecule has 2 aromatic rings. The summed E-state index contributed by atoms with van der Waals surface area (Å²) in [6, 6.07) is 15.7. The summed E-state index contributed by atoms with van der Waals surface area (Å²) in [6.07, 6.45) is 2.12. The predicted octanol–water partition coefficient (Wildman–Crippen LogP) is 2.70. The van der Waals surface area contributed by atoms with Crippen LogP contribution in [0.15, 0.2) is 54.6 Å². The molecule has 2 heterocycles. The first-order valence-electron chi connectivity index (χ1n) is 10.4. The number of ether oxygens (including phenoxy) is 3. The van der Waals surface area contributed by atoms with Gasteiger partial charge in [0.2, 0.25) is 6.79 Å². The number of fused-ring (bicyclic) bond motifs is 1. The highest BCUT2D eigenvalue weighted by Crippen LogP contribution is 2.32. The van der Waals surface area contributed by atoms with Crippen LogP contribution in [-0.4, -0.2) is 60.8 Å². The average Bonchev–Trinajstić information content (AvgIpc) is 3.26. The maximum atomic E-state index is 12.7. The second kappa shape index (κ2) is 9.66. The van der Waals surface area contributed by atoms with Crippen molar-refractivity contribution in [3.8, 4) is 11.5 Å². The number of carbonyl (C=O) groups is 2. The standard InChI is InChI=1S/C24H26N2O5/c1-18(31-23(27)10-8-19-7-9-21-22(15-19)30-17-29-21)24(28)26-13-11-25(12-14-26)16-20-5-3-2-4-6-20/h2-10,15,18H,11-14,16-17H2,1H3/b10-8+. The van der Waals surface area contributed by atoms with Gasteiger partial charge in [-0.2, -0.15) is 0 Å². The minimum absolute atomic E-state index is 0.163. The third-order valence-electron chi connectivity index (χ3n) is 5.38. The summed E-state index contributed by atoms with van der Waals surface area (Å²) in [5, 5.41) is 0. The number of rotatable bonds is 6. The van der Waals surface area contributed by atoms with Crippen molar-refractivity contribution in [2.75, 3.05) is 33.0 Å². The minimum Gasteiger partial charge on any atom is -0.454 e. The van der Waals surface area contributed by atoms with Crippen molar-refractivity contribution in [3.05, 3.63) is 65.7 Å². The highest BCUT2D eigenvalue weighted by Gasteiger charge is 2.26. The van der Waals surface area contributed by atoms with Gasteiger partial charge in [-0.25, -0.2) is 4.79 Å². The summed E-state index contributed by atoms with van der Waals surface area (Å²) in [7, 11) is 0. The van der Waals surface area contributed by atoms with Gasteiger partial charge >= 0.3 is 5.97 Å². The highest BCUT2D eigenvalue weighted by molar-refractivity contribution is 5.90. The molecule has 0 radical (unpaired) electrons. The second-order valence-corrected chi connectivity index (χ2v) is 7.61. The number of piperazine rings is 1. The van der Waals surface area contributed by atoms with E-state index in [0.717, 1.165) is 25.2 Å². The van der Waals surface area contributed by atoms with E-state index >= 15 is 0 Å². The fourth-order valence-electron chi connectivity index (χ4n) is 3.67. The van der Waals surface area contributed by atoms with E-state index in [4.69, 9.17) is 14.2 Å². The molecular weight excluding hydrogens is 396 g/mol. The normalized spacial score (nSPS) is 17.0. The number of hydrogen-bond donors (Lipinski definition) is 0. The van der Waals surface area contributed by atoms with E-state index in [0.29, 0.717) is 24.6 Å². The van der Waals surface area contributed by atoms with Crippen LogP contribution in [0, 0.1) is 0 Å². The van der Waals surface area contributed by atoms with Gasteiger partial charge in [-0.3, -0.25) is 9.69 Å². The first-order chi connectivity index (χ1) is 15.1. The van der Waals surface area contributed by atoms with Crippen molar-refractivity contribution in [2.45, 2.75) is 19.6 Å². The molecule has 7 heteroatoms. The SMILES string of the molecule is CC(OC(=O)/C=C/c1ccc2c(c1)OCO2)C(=O)N1CCN(Cc2ccccc2)CC1. The van der Waals surface area contributed by atoms with Crippen LogP contribution in [0.25, 0.3) is 6.08 Å². The molecular formula is C24H26N2O5. The van der Waals surface area contributed by atoms with Crippen LogP contribution in [0.2, 0.25) is 0 Å². The third-order valence-corrected chi connectivity index (χ3v) is 5.38. The largest absolute Gasteiger partial charge is 0.454 e. The van der Waals surface area contributed by atoms with Crippen LogP contribution in [-0.2, 0) is 20.9 Å². The molecule has 2 aliphatic heterocycles. The van der Waals surface area contributed by atoms with Crippen LogP contribution in [0.1, 0.15) is 18.1 Å². The lowest BCUT2D eigenvalue weighted by Gasteiger charge is -2.35. The smallest absolute Gasteiger partial charge is 0.331 e. The fourth-order valence-corrected chi connectivity index (χ4v) is 3.67.